The van der Waals surface area contributed by atoms with Crippen molar-refractivity contribution >= 4 is 0 Å². The molecular formula is C16H22N2. The molecule has 1 aromatic carbocycles. The Labute approximate surface area is 110 Å². The minimum atomic E-state index is 0.646. The van der Waals surface area contributed by atoms with Crippen molar-refractivity contribution in [3.63, 3.8) is 0 Å². The van der Waals surface area contributed by atoms with Gasteiger partial charge in [0.05, 0.1) is 12.2 Å². The molecule has 0 saturated heterocycles. The van der Waals surface area contributed by atoms with Gasteiger partial charge in [0.25, 0.3) is 0 Å². The van der Waals surface area contributed by atoms with E-state index in [4.69, 9.17) is 0 Å². The van der Waals surface area contributed by atoms with Crippen LogP contribution in [0.5, 0.6) is 0 Å². The summed E-state index contributed by atoms with van der Waals surface area (Å²) in [7, 11) is 0. The van der Waals surface area contributed by atoms with Gasteiger partial charge in [0, 0.05) is 5.69 Å². The molecule has 0 saturated carbocycles. The van der Waals surface area contributed by atoms with Crippen molar-refractivity contribution in [3.8, 4) is 0 Å². The molecule has 1 heterocycles. The molecule has 0 aliphatic rings. The first kappa shape index (κ1) is 12.9. The van der Waals surface area contributed by atoms with Gasteiger partial charge in [0.15, 0.2) is 0 Å². The molecule has 1 unspecified atom stereocenters. The van der Waals surface area contributed by atoms with Gasteiger partial charge < -0.3 is 0 Å². The van der Waals surface area contributed by atoms with Gasteiger partial charge >= 0.3 is 0 Å². The zero-order valence-electron chi connectivity index (χ0n) is 11.8. The first-order chi connectivity index (χ1) is 8.60. The molecule has 0 fully saturated rings. The quantitative estimate of drug-likeness (QED) is 0.790. The molecule has 1 atom stereocenters. The summed E-state index contributed by atoms with van der Waals surface area (Å²) in [5.74, 6) is 0.646. The van der Waals surface area contributed by atoms with Gasteiger partial charge in [-0.3, -0.25) is 4.68 Å². The molecule has 2 aromatic rings. The fraction of sp³-hybridized carbons (Fsp3) is 0.438. The lowest BCUT2D eigenvalue weighted by molar-refractivity contribution is 0.658. The van der Waals surface area contributed by atoms with E-state index in [9.17, 15) is 0 Å². The van der Waals surface area contributed by atoms with Gasteiger partial charge in [-0.25, -0.2) is 0 Å². The van der Waals surface area contributed by atoms with Crippen LogP contribution in [0.15, 0.2) is 30.3 Å². The Hall–Kier alpha value is -1.57. The second kappa shape index (κ2) is 5.38. The summed E-state index contributed by atoms with van der Waals surface area (Å²) in [6.45, 7) is 9.51. The minimum absolute atomic E-state index is 0.646. The van der Waals surface area contributed by atoms with E-state index >= 15 is 0 Å². The molecule has 0 N–H and O–H groups in total. The van der Waals surface area contributed by atoms with Crippen LogP contribution in [0, 0.1) is 13.8 Å². The van der Waals surface area contributed by atoms with Crippen molar-refractivity contribution < 1.29 is 0 Å². The van der Waals surface area contributed by atoms with E-state index in [2.05, 4.69) is 60.9 Å². The highest BCUT2D eigenvalue weighted by molar-refractivity contribution is 5.25. The molecule has 0 spiro atoms. The van der Waals surface area contributed by atoms with Crippen LogP contribution in [0.25, 0.3) is 0 Å². The van der Waals surface area contributed by atoms with Crippen LogP contribution in [-0.2, 0) is 6.54 Å². The number of aryl methyl sites for hydroxylation is 2. The maximum absolute atomic E-state index is 4.50. The molecule has 1 aromatic heterocycles. The molecule has 0 aliphatic heterocycles. The Balaban J connectivity index is 2.13. The second-order valence-corrected chi connectivity index (χ2v) is 5.14. The fourth-order valence-corrected chi connectivity index (χ4v) is 2.20. The van der Waals surface area contributed by atoms with Crippen molar-refractivity contribution in [1.29, 1.82) is 0 Å². The van der Waals surface area contributed by atoms with Crippen molar-refractivity contribution in [2.24, 2.45) is 0 Å². The average Bonchev–Trinajstić information content (AvgIpc) is 2.68. The van der Waals surface area contributed by atoms with Crippen molar-refractivity contribution in [3.05, 3.63) is 52.8 Å². The molecular weight excluding hydrogens is 220 g/mol. The van der Waals surface area contributed by atoms with E-state index in [0.29, 0.717) is 5.92 Å². The number of rotatable bonds is 4. The maximum Gasteiger partial charge on any atom is 0.0662 e. The van der Waals surface area contributed by atoms with Crippen LogP contribution in [0.3, 0.4) is 0 Å². The van der Waals surface area contributed by atoms with E-state index in [-0.39, 0.29) is 0 Å². The highest BCUT2D eigenvalue weighted by atomic mass is 15.3. The lowest BCUT2D eigenvalue weighted by atomic mass is 9.98. The summed E-state index contributed by atoms with van der Waals surface area (Å²) in [6.07, 6.45) is 1.19. The molecule has 0 radical (unpaired) electrons. The third-order valence-electron chi connectivity index (χ3n) is 3.60. The number of benzene rings is 1. The predicted molar refractivity (Wildman–Crippen MR) is 76.0 cm³/mol. The van der Waals surface area contributed by atoms with E-state index < -0.39 is 0 Å². The van der Waals surface area contributed by atoms with Gasteiger partial charge in [-0.2, -0.15) is 5.10 Å². The third kappa shape index (κ3) is 2.81. The largest absolute Gasteiger partial charge is 0.265 e. The first-order valence-corrected chi connectivity index (χ1v) is 6.70. The van der Waals surface area contributed by atoms with Crippen molar-refractivity contribution in [2.45, 2.75) is 46.6 Å². The van der Waals surface area contributed by atoms with Gasteiger partial charge in [0.1, 0.15) is 0 Å². The zero-order chi connectivity index (χ0) is 13.1. The monoisotopic (exact) mass is 242 g/mol. The SMILES string of the molecule is CCC(C)c1ccc(Cn2nc(C)cc2C)cc1. The molecule has 0 amide bonds. The third-order valence-corrected chi connectivity index (χ3v) is 3.60. The molecule has 2 nitrogen and oxygen atoms in total. The Morgan fingerprint density at radius 1 is 1.17 bits per heavy atom. The summed E-state index contributed by atoms with van der Waals surface area (Å²) < 4.78 is 2.06. The summed E-state index contributed by atoms with van der Waals surface area (Å²) in [4.78, 5) is 0. The minimum Gasteiger partial charge on any atom is -0.265 e. The van der Waals surface area contributed by atoms with Crippen molar-refractivity contribution in [2.75, 3.05) is 0 Å². The van der Waals surface area contributed by atoms with Crippen LogP contribution in [-0.4, -0.2) is 9.78 Å². The summed E-state index contributed by atoms with van der Waals surface area (Å²) in [6, 6.07) is 11.0. The van der Waals surface area contributed by atoms with Crippen LogP contribution in [0.4, 0.5) is 0 Å². The second-order valence-electron chi connectivity index (χ2n) is 5.14. The van der Waals surface area contributed by atoms with Gasteiger partial charge in [-0.1, -0.05) is 38.1 Å². The highest BCUT2D eigenvalue weighted by Crippen LogP contribution is 2.19. The molecule has 18 heavy (non-hydrogen) atoms. The molecule has 0 aliphatic carbocycles. The zero-order valence-corrected chi connectivity index (χ0v) is 11.8. The maximum atomic E-state index is 4.50. The fourth-order valence-electron chi connectivity index (χ4n) is 2.20. The Bertz CT molecular complexity index is 508. The molecule has 2 rings (SSSR count). The predicted octanol–water partition coefficient (Wildman–Crippen LogP) is 4.06. The average molecular weight is 242 g/mol. The Morgan fingerprint density at radius 2 is 1.83 bits per heavy atom. The van der Waals surface area contributed by atoms with Crippen LogP contribution >= 0.6 is 0 Å². The van der Waals surface area contributed by atoms with Crippen molar-refractivity contribution in [1.82, 2.24) is 9.78 Å². The molecule has 2 heteroatoms. The molecule has 96 valence electrons. The van der Waals surface area contributed by atoms with E-state index in [1.54, 1.807) is 0 Å². The number of nitrogens with zero attached hydrogens (tertiary/aromatic N) is 2. The standard InChI is InChI=1S/C16H22N2/c1-5-12(2)16-8-6-15(7-9-16)11-18-14(4)10-13(3)17-18/h6-10,12H,5,11H2,1-4H3. The van der Waals surface area contributed by atoms with E-state index in [1.165, 1.54) is 23.2 Å². The lowest BCUT2D eigenvalue weighted by Gasteiger charge is -2.10. The normalized spacial score (nSPS) is 12.7. The number of hydrogen-bond donors (Lipinski definition) is 0. The van der Waals surface area contributed by atoms with Gasteiger partial charge in [0.2, 0.25) is 0 Å². The topological polar surface area (TPSA) is 17.8 Å². The highest BCUT2D eigenvalue weighted by Gasteiger charge is 2.04. The van der Waals surface area contributed by atoms with Crippen LogP contribution in [0.1, 0.15) is 48.7 Å². The number of aromatic nitrogens is 2. The van der Waals surface area contributed by atoms with Gasteiger partial charge in [-0.15, -0.1) is 0 Å². The van der Waals surface area contributed by atoms with Gasteiger partial charge in [-0.05, 0) is 43.4 Å². The Morgan fingerprint density at radius 3 is 2.33 bits per heavy atom. The van der Waals surface area contributed by atoms with Crippen LogP contribution < -0.4 is 0 Å². The molecule has 0 bridgehead atoms. The lowest BCUT2D eigenvalue weighted by Crippen LogP contribution is -2.04. The summed E-state index contributed by atoms with van der Waals surface area (Å²) in [5, 5.41) is 4.50. The summed E-state index contributed by atoms with van der Waals surface area (Å²) in [5.41, 5.74) is 5.05. The Kier molecular flexibility index (Phi) is 3.85. The van der Waals surface area contributed by atoms with E-state index in [1.807, 2.05) is 6.92 Å². The first-order valence-electron chi connectivity index (χ1n) is 6.70. The smallest absolute Gasteiger partial charge is 0.0662 e. The van der Waals surface area contributed by atoms with Crippen LogP contribution in [0.2, 0.25) is 0 Å². The number of hydrogen-bond acceptors (Lipinski definition) is 1. The summed E-state index contributed by atoms with van der Waals surface area (Å²) >= 11 is 0. The van der Waals surface area contributed by atoms with E-state index in [0.717, 1.165) is 12.2 Å².